The van der Waals surface area contributed by atoms with Crippen molar-refractivity contribution in [2.75, 3.05) is 6.61 Å². The first-order valence-electron chi connectivity index (χ1n) is 4.54. The molecule has 1 atom stereocenters. The van der Waals surface area contributed by atoms with Crippen LogP contribution in [0.1, 0.15) is 28.4 Å². The van der Waals surface area contributed by atoms with Gasteiger partial charge in [-0.15, -0.1) is 0 Å². The molecule has 80 valence electrons. The quantitative estimate of drug-likeness (QED) is 0.768. The molecule has 1 aliphatic rings. The van der Waals surface area contributed by atoms with Gasteiger partial charge in [-0.05, 0) is 12.1 Å². The van der Waals surface area contributed by atoms with Gasteiger partial charge in [0.25, 0.3) is 0 Å². The van der Waals surface area contributed by atoms with Gasteiger partial charge >= 0.3 is 5.97 Å². The highest BCUT2D eigenvalue weighted by Crippen LogP contribution is 2.36. The fraction of sp³-hybridized carbons (Fsp3) is 0.300. The summed E-state index contributed by atoms with van der Waals surface area (Å²) in [6.45, 7) is 0.441. The third kappa shape index (κ3) is 1.78. The zero-order valence-corrected chi connectivity index (χ0v) is 8.62. The lowest BCUT2D eigenvalue weighted by Gasteiger charge is -2.24. The van der Waals surface area contributed by atoms with Gasteiger partial charge in [-0.2, -0.15) is 0 Å². The number of ether oxygens (including phenoxy) is 1. The predicted molar refractivity (Wildman–Crippen MR) is 55.5 cm³/mol. The Labute approximate surface area is 91.6 Å². The summed E-state index contributed by atoms with van der Waals surface area (Å²) >= 11 is 5.82. The summed E-state index contributed by atoms with van der Waals surface area (Å²) in [5, 5.41) is 9.34. The Kier molecular flexibility index (Phi) is 2.54. The van der Waals surface area contributed by atoms with E-state index in [0.29, 0.717) is 29.4 Å². The van der Waals surface area contributed by atoms with Crippen molar-refractivity contribution in [3.05, 3.63) is 28.3 Å². The fourth-order valence-corrected chi connectivity index (χ4v) is 1.88. The molecule has 0 amide bonds. The Morgan fingerprint density at radius 2 is 2.33 bits per heavy atom. The van der Waals surface area contributed by atoms with E-state index in [1.807, 2.05) is 0 Å². The second-order valence-electron chi connectivity index (χ2n) is 3.42. The number of fused-ring (bicyclic) bond motifs is 1. The van der Waals surface area contributed by atoms with Gasteiger partial charge in [0.05, 0.1) is 6.61 Å². The molecule has 0 spiro atoms. The van der Waals surface area contributed by atoms with Gasteiger partial charge in [0.1, 0.15) is 11.3 Å². The van der Waals surface area contributed by atoms with Crippen molar-refractivity contribution >= 4 is 17.6 Å². The number of hydrogen-bond donors (Lipinski definition) is 2. The molecule has 0 fully saturated rings. The van der Waals surface area contributed by atoms with Crippen molar-refractivity contribution in [3.63, 3.8) is 0 Å². The number of carbonyl (C=O) groups is 1. The van der Waals surface area contributed by atoms with Gasteiger partial charge in [-0.25, -0.2) is 4.79 Å². The third-order valence-electron chi connectivity index (χ3n) is 2.39. The van der Waals surface area contributed by atoms with Crippen LogP contribution in [0.3, 0.4) is 0 Å². The molecule has 0 bridgehead atoms. The maximum atomic E-state index is 11.0. The first kappa shape index (κ1) is 10.3. The molecule has 1 heterocycles. The number of aromatic carboxylic acids is 1. The van der Waals surface area contributed by atoms with Gasteiger partial charge in [0.2, 0.25) is 0 Å². The highest BCUT2D eigenvalue weighted by molar-refractivity contribution is 6.31. The number of benzene rings is 1. The predicted octanol–water partition coefficient (Wildman–Crippen LogP) is 1.82. The number of carboxylic acids is 1. The first-order valence-corrected chi connectivity index (χ1v) is 4.92. The van der Waals surface area contributed by atoms with Crippen molar-refractivity contribution in [1.29, 1.82) is 0 Å². The molecule has 0 unspecified atom stereocenters. The monoisotopic (exact) mass is 227 g/mol. The van der Waals surface area contributed by atoms with Crippen LogP contribution in [0, 0.1) is 0 Å². The summed E-state index contributed by atoms with van der Waals surface area (Å²) in [4.78, 5) is 11.0. The molecule has 0 saturated carbocycles. The van der Waals surface area contributed by atoms with Crippen LogP contribution < -0.4 is 10.5 Å². The van der Waals surface area contributed by atoms with Gasteiger partial charge in [-0.3, -0.25) is 0 Å². The van der Waals surface area contributed by atoms with E-state index in [1.54, 1.807) is 6.07 Å². The SMILES string of the molecule is N[C@@H]1CCOc2c(C(=O)O)cc(Cl)cc21. The molecule has 1 aliphatic heterocycles. The number of hydrogen-bond acceptors (Lipinski definition) is 3. The topological polar surface area (TPSA) is 72.5 Å². The summed E-state index contributed by atoms with van der Waals surface area (Å²) in [5.74, 6) is -0.700. The van der Waals surface area contributed by atoms with Crippen molar-refractivity contribution in [1.82, 2.24) is 0 Å². The Morgan fingerprint density at radius 3 is 3.00 bits per heavy atom. The van der Waals surface area contributed by atoms with Crippen LogP contribution in [0.4, 0.5) is 0 Å². The highest BCUT2D eigenvalue weighted by Gasteiger charge is 2.24. The first-order chi connectivity index (χ1) is 7.09. The van der Waals surface area contributed by atoms with E-state index < -0.39 is 5.97 Å². The Bertz CT molecular complexity index is 419. The fourth-order valence-electron chi connectivity index (χ4n) is 1.65. The van der Waals surface area contributed by atoms with Gasteiger partial charge < -0.3 is 15.6 Å². The van der Waals surface area contributed by atoms with Crippen LogP contribution in [0.2, 0.25) is 5.02 Å². The van der Waals surface area contributed by atoms with Crippen LogP contribution >= 0.6 is 11.6 Å². The van der Waals surface area contributed by atoms with Crippen LogP contribution in [0.15, 0.2) is 12.1 Å². The minimum atomic E-state index is -1.05. The lowest BCUT2D eigenvalue weighted by molar-refractivity contribution is 0.0691. The van der Waals surface area contributed by atoms with Gasteiger partial charge in [0.15, 0.2) is 0 Å². The minimum absolute atomic E-state index is 0.0765. The molecule has 15 heavy (non-hydrogen) atoms. The maximum Gasteiger partial charge on any atom is 0.339 e. The molecule has 1 aromatic rings. The highest BCUT2D eigenvalue weighted by atomic mass is 35.5. The second kappa shape index (κ2) is 3.72. The maximum absolute atomic E-state index is 11.0. The Morgan fingerprint density at radius 1 is 1.60 bits per heavy atom. The molecule has 4 nitrogen and oxygen atoms in total. The Hall–Kier alpha value is -1.26. The lowest BCUT2D eigenvalue weighted by atomic mass is 9.98. The van der Waals surface area contributed by atoms with Crippen molar-refractivity contribution in [2.24, 2.45) is 5.73 Å². The molecular weight excluding hydrogens is 218 g/mol. The van der Waals surface area contributed by atoms with Crippen LogP contribution in [-0.4, -0.2) is 17.7 Å². The molecule has 0 aromatic heterocycles. The molecular formula is C10H10ClNO3. The average Bonchev–Trinajstić information content (AvgIpc) is 2.18. The van der Waals surface area contributed by atoms with Crippen molar-refractivity contribution < 1.29 is 14.6 Å². The summed E-state index contributed by atoms with van der Waals surface area (Å²) in [5.41, 5.74) is 6.60. The summed E-state index contributed by atoms with van der Waals surface area (Å²) in [6, 6.07) is 2.83. The second-order valence-corrected chi connectivity index (χ2v) is 3.86. The van der Waals surface area contributed by atoms with E-state index in [1.165, 1.54) is 6.07 Å². The largest absolute Gasteiger partial charge is 0.492 e. The van der Waals surface area contributed by atoms with E-state index in [4.69, 9.17) is 27.2 Å². The number of halogens is 1. The normalized spacial score (nSPS) is 19.2. The average molecular weight is 228 g/mol. The summed E-state index contributed by atoms with van der Waals surface area (Å²) in [7, 11) is 0. The van der Waals surface area contributed by atoms with Gasteiger partial charge in [-0.1, -0.05) is 11.6 Å². The molecule has 2 rings (SSSR count). The van der Waals surface area contributed by atoms with Crippen molar-refractivity contribution in [2.45, 2.75) is 12.5 Å². The Balaban J connectivity index is 2.62. The van der Waals surface area contributed by atoms with Crippen molar-refractivity contribution in [3.8, 4) is 5.75 Å². The minimum Gasteiger partial charge on any atom is -0.492 e. The van der Waals surface area contributed by atoms with Crippen LogP contribution in [0.25, 0.3) is 0 Å². The number of nitrogens with two attached hydrogens (primary N) is 1. The van der Waals surface area contributed by atoms with E-state index in [-0.39, 0.29) is 11.6 Å². The molecule has 5 heteroatoms. The number of rotatable bonds is 1. The summed E-state index contributed by atoms with van der Waals surface area (Å²) < 4.78 is 5.32. The lowest BCUT2D eigenvalue weighted by Crippen LogP contribution is -2.22. The zero-order valence-electron chi connectivity index (χ0n) is 7.87. The standard InChI is InChI=1S/C10H10ClNO3/c11-5-3-6-8(12)1-2-15-9(6)7(4-5)10(13)14/h3-4,8H,1-2,12H2,(H,13,14)/t8-/m1/s1. The molecule has 1 aromatic carbocycles. The number of carboxylic acid groups (broad SMARTS) is 1. The molecule has 0 aliphatic carbocycles. The molecule has 3 N–H and O–H groups in total. The van der Waals surface area contributed by atoms with E-state index >= 15 is 0 Å². The van der Waals surface area contributed by atoms with Gasteiger partial charge in [0, 0.05) is 23.0 Å². The van der Waals surface area contributed by atoms with Crippen LogP contribution in [-0.2, 0) is 0 Å². The van der Waals surface area contributed by atoms with E-state index in [9.17, 15) is 4.79 Å². The third-order valence-corrected chi connectivity index (χ3v) is 2.61. The van der Waals surface area contributed by atoms with Crippen LogP contribution in [0.5, 0.6) is 5.75 Å². The van der Waals surface area contributed by atoms with E-state index in [2.05, 4.69) is 0 Å². The molecule has 0 saturated heterocycles. The zero-order chi connectivity index (χ0) is 11.0. The smallest absolute Gasteiger partial charge is 0.339 e. The van der Waals surface area contributed by atoms with E-state index in [0.717, 1.165) is 0 Å². The summed E-state index contributed by atoms with van der Waals surface area (Å²) in [6.07, 6.45) is 0.673. The molecule has 0 radical (unpaired) electrons.